The van der Waals surface area contributed by atoms with E-state index in [1.54, 1.807) is 11.1 Å². The highest BCUT2D eigenvalue weighted by Crippen LogP contribution is 2.39. The van der Waals surface area contributed by atoms with Crippen LogP contribution in [0, 0.1) is 5.92 Å². The Balaban J connectivity index is 1.20. The quantitative estimate of drug-likeness (QED) is 0.845. The van der Waals surface area contributed by atoms with Gasteiger partial charge in [0.05, 0.1) is 5.57 Å². The third kappa shape index (κ3) is 2.71. The third-order valence-corrected chi connectivity index (χ3v) is 6.09. The fraction of sp³-hybridized carbons (Fsp3) is 0.476. The predicted molar refractivity (Wildman–Crippen MR) is 99.6 cm³/mol. The highest BCUT2D eigenvalue weighted by atomic mass is 16.7. The second-order valence-electron chi connectivity index (χ2n) is 7.72. The van der Waals surface area contributed by atoms with Gasteiger partial charge < -0.3 is 9.74 Å². The number of carbonyl (C=O) groups excluding carboxylic acids is 1. The molecule has 0 aromatic rings. The van der Waals surface area contributed by atoms with Crippen molar-refractivity contribution in [2.45, 2.75) is 25.7 Å². The number of hydrogen-bond acceptors (Lipinski definition) is 4. The van der Waals surface area contributed by atoms with E-state index >= 15 is 0 Å². The number of nitrogens with zero attached hydrogens (tertiary/aromatic N) is 2. The van der Waals surface area contributed by atoms with Gasteiger partial charge in [-0.05, 0) is 37.3 Å². The lowest BCUT2D eigenvalue weighted by atomic mass is 9.89. The van der Waals surface area contributed by atoms with Crippen molar-refractivity contribution in [2.24, 2.45) is 5.92 Å². The second-order valence-corrected chi connectivity index (χ2v) is 7.72. The zero-order chi connectivity index (χ0) is 17.5. The summed E-state index contributed by atoms with van der Waals surface area (Å²) in [6, 6.07) is 0. The van der Waals surface area contributed by atoms with E-state index < -0.39 is 0 Å². The molecule has 3 heterocycles. The summed E-state index contributed by atoms with van der Waals surface area (Å²) >= 11 is 0. The van der Waals surface area contributed by atoms with Crippen molar-refractivity contribution >= 4 is 5.91 Å². The van der Waals surface area contributed by atoms with Crippen LogP contribution in [-0.4, -0.2) is 48.4 Å². The summed E-state index contributed by atoms with van der Waals surface area (Å²) in [6.45, 7) is 5.30. The van der Waals surface area contributed by atoms with Crippen molar-refractivity contribution < 1.29 is 9.63 Å². The minimum absolute atomic E-state index is 0.126. The van der Waals surface area contributed by atoms with Crippen molar-refractivity contribution in [2.75, 3.05) is 32.7 Å². The smallest absolute Gasteiger partial charge is 0.284 e. The molecule has 0 fully saturated rings. The summed E-state index contributed by atoms with van der Waals surface area (Å²) in [5, 5.41) is 0. The molecule has 0 saturated carbocycles. The van der Waals surface area contributed by atoms with Gasteiger partial charge in [-0.3, -0.25) is 9.69 Å². The van der Waals surface area contributed by atoms with Gasteiger partial charge in [0.2, 0.25) is 5.88 Å². The number of hydrogen-bond donors (Lipinski definition) is 1. The van der Waals surface area contributed by atoms with Crippen LogP contribution in [0.4, 0.5) is 0 Å². The van der Waals surface area contributed by atoms with Gasteiger partial charge in [-0.25, -0.2) is 0 Å². The molecular weight excluding hydrogens is 326 g/mol. The van der Waals surface area contributed by atoms with Crippen molar-refractivity contribution in [3.63, 3.8) is 0 Å². The number of rotatable bonds is 4. The maximum Gasteiger partial charge on any atom is 0.284 e. The largest absolute Gasteiger partial charge is 0.361 e. The van der Waals surface area contributed by atoms with Gasteiger partial charge in [-0.1, -0.05) is 29.9 Å². The van der Waals surface area contributed by atoms with Crippen LogP contribution >= 0.6 is 0 Å². The minimum atomic E-state index is -0.126. The zero-order valence-electron chi connectivity index (χ0n) is 15.0. The molecule has 136 valence electrons. The van der Waals surface area contributed by atoms with Crippen LogP contribution in [0.1, 0.15) is 25.7 Å². The lowest BCUT2D eigenvalue weighted by Gasteiger charge is -2.32. The normalized spacial score (nSPS) is 27.2. The number of nitrogens with one attached hydrogen (secondary N) is 1. The summed E-state index contributed by atoms with van der Waals surface area (Å²) in [4.78, 5) is 22.4. The molecule has 0 saturated heterocycles. The van der Waals surface area contributed by atoms with E-state index in [-0.39, 0.29) is 11.8 Å². The molecule has 1 amide bonds. The zero-order valence-corrected chi connectivity index (χ0v) is 15.0. The number of amides is 1. The average molecular weight is 351 g/mol. The Morgan fingerprint density at radius 2 is 2.23 bits per heavy atom. The lowest BCUT2D eigenvalue weighted by molar-refractivity contribution is -0.129. The molecular formula is C21H25N3O2. The fourth-order valence-corrected chi connectivity index (χ4v) is 4.75. The van der Waals surface area contributed by atoms with Crippen LogP contribution in [0.25, 0.3) is 0 Å². The van der Waals surface area contributed by atoms with Crippen LogP contribution in [-0.2, 0) is 9.63 Å². The van der Waals surface area contributed by atoms with Crippen LogP contribution in [0.3, 0.4) is 0 Å². The first-order valence-electron chi connectivity index (χ1n) is 9.74. The first-order valence-corrected chi connectivity index (χ1v) is 9.74. The number of allylic oxidation sites excluding steroid dienone is 4. The maximum absolute atomic E-state index is 12.0. The molecule has 5 aliphatic rings. The first kappa shape index (κ1) is 15.9. The highest BCUT2D eigenvalue weighted by molar-refractivity contribution is 5.99. The Morgan fingerprint density at radius 1 is 1.27 bits per heavy atom. The van der Waals surface area contributed by atoms with Gasteiger partial charge in [0.1, 0.15) is 0 Å². The molecule has 0 aromatic carbocycles. The van der Waals surface area contributed by atoms with Gasteiger partial charge in [-0.2, -0.15) is 5.48 Å². The van der Waals surface area contributed by atoms with E-state index in [9.17, 15) is 4.79 Å². The number of hydroxylamine groups is 1. The van der Waals surface area contributed by atoms with Gasteiger partial charge >= 0.3 is 0 Å². The predicted octanol–water partition coefficient (Wildman–Crippen LogP) is 2.43. The first-order chi connectivity index (χ1) is 12.8. The summed E-state index contributed by atoms with van der Waals surface area (Å²) in [5.74, 6) is 1.01. The average Bonchev–Trinajstić information content (AvgIpc) is 3.03. The van der Waals surface area contributed by atoms with E-state index in [1.165, 1.54) is 25.8 Å². The molecule has 5 heteroatoms. The highest BCUT2D eigenvalue weighted by Gasteiger charge is 2.40. The standard InChI is InChI=1S/C21H25N3O2/c25-20-18-8-3-7-17-14-24(21(19(17)18)26-22-20)11-4-10-23-12-9-15-5-1-2-6-16(15)13-23/h1,3,5,7-8,17H,2,4,6,9-14H2,(H,22,25). The summed E-state index contributed by atoms with van der Waals surface area (Å²) < 4.78 is 0. The molecule has 0 radical (unpaired) electrons. The van der Waals surface area contributed by atoms with Crippen LogP contribution in [0.2, 0.25) is 0 Å². The topological polar surface area (TPSA) is 44.8 Å². The Hall–Kier alpha value is -2.27. The maximum atomic E-state index is 12.0. The Labute approximate surface area is 154 Å². The molecule has 0 spiro atoms. The molecule has 26 heavy (non-hydrogen) atoms. The van der Waals surface area contributed by atoms with E-state index in [0.717, 1.165) is 49.6 Å². The molecule has 0 bridgehead atoms. The van der Waals surface area contributed by atoms with E-state index in [1.807, 2.05) is 12.2 Å². The number of carbonyl (C=O) groups is 1. The van der Waals surface area contributed by atoms with Crippen LogP contribution in [0.15, 0.2) is 58.6 Å². The second kappa shape index (κ2) is 6.47. The SMILES string of the molecule is O=C1NOC2=C3C1=CC=CC3CN2CCCN1CCC2=C(CCC=C2)C1. The minimum Gasteiger partial charge on any atom is -0.361 e. The molecule has 1 atom stereocenters. The molecule has 1 N–H and O–H groups in total. The Kier molecular flexibility index (Phi) is 3.97. The summed E-state index contributed by atoms with van der Waals surface area (Å²) in [6.07, 6.45) is 15.5. The van der Waals surface area contributed by atoms with Gasteiger partial charge in [0, 0.05) is 44.2 Å². The van der Waals surface area contributed by atoms with Crippen molar-refractivity contribution in [1.82, 2.24) is 15.3 Å². The van der Waals surface area contributed by atoms with E-state index in [4.69, 9.17) is 4.84 Å². The molecule has 5 rings (SSSR count). The third-order valence-electron chi connectivity index (χ3n) is 6.09. The van der Waals surface area contributed by atoms with Crippen molar-refractivity contribution in [3.8, 4) is 0 Å². The van der Waals surface area contributed by atoms with Crippen molar-refractivity contribution in [3.05, 3.63) is 58.6 Å². The monoisotopic (exact) mass is 351 g/mol. The molecule has 1 unspecified atom stereocenters. The lowest BCUT2D eigenvalue weighted by Crippen LogP contribution is -2.36. The Bertz CT molecular complexity index is 787. The van der Waals surface area contributed by atoms with Gasteiger partial charge in [-0.15, -0.1) is 0 Å². The fourth-order valence-electron chi connectivity index (χ4n) is 4.75. The Morgan fingerprint density at radius 3 is 3.19 bits per heavy atom. The van der Waals surface area contributed by atoms with E-state index in [0.29, 0.717) is 0 Å². The van der Waals surface area contributed by atoms with Crippen LogP contribution in [0.5, 0.6) is 0 Å². The van der Waals surface area contributed by atoms with Crippen LogP contribution < -0.4 is 5.48 Å². The van der Waals surface area contributed by atoms with Gasteiger partial charge in [0.25, 0.3) is 5.91 Å². The van der Waals surface area contributed by atoms with E-state index in [2.05, 4.69) is 33.5 Å². The molecule has 0 aromatic heterocycles. The summed E-state index contributed by atoms with van der Waals surface area (Å²) in [7, 11) is 0. The summed E-state index contributed by atoms with van der Waals surface area (Å²) in [5.41, 5.74) is 7.61. The molecule has 2 aliphatic carbocycles. The van der Waals surface area contributed by atoms with Gasteiger partial charge in [0.15, 0.2) is 0 Å². The van der Waals surface area contributed by atoms with Crippen molar-refractivity contribution in [1.29, 1.82) is 0 Å². The molecule has 3 aliphatic heterocycles. The molecule has 5 nitrogen and oxygen atoms in total.